The number of aromatic nitrogens is 3. The maximum Gasteiger partial charge on any atom is 0.325 e. The fraction of sp³-hybridized carbons (Fsp3) is 0.412. The molecular formula is C17H18FN5O2S. The molecule has 1 aromatic heterocycles. The number of hydrogen-bond donors (Lipinski definition) is 1. The minimum absolute atomic E-state index is 0.0663. The van der Waals surface area contributed by atoms with E-state index >= 15 is 0 Å². The van der Waals surface area contributed by atoms with Crippen molar-refractivity contribution in [2.24, 2.45) is 0 Å². The van der Waals surface area contributed by atoms with Crippen LogP contribution in [0.3, 0.4) is 0 Å². The third kappa shape index (κ3) is 3.07. The summed E-state index contributed by atoms with van der Waals surface area (Å²) in [7, 11) is 0. The number of rotatable bonds is 4. The normalized spacial score (nSPS) is 19.2. The summed E-state index contributed by atoms with van der Waals surface area (Å²) in [6, 6.07) is 6.07. The molecule has 136 valence electrons. The van der Waals surface area contributed by atoms with Crippen molar-refractivity contribution in [1.29, 1.82) is 0 Å². The highest BCUT2D eigenvalue weighted by molar-refractivity contribution is 7.99. The number of nitrogens with one attached hydrogen (secondary N) is 1. The van der Waals surface area contributed by atoms with Crippen molar-refractivity contribution in [2.75, 3.05) is 11.5 Å². The summed E-state index contributed by atoms with van der Waals surface area (Å²) >= 11 is 1.79. The molecule has 26 heavy (non-hydrogen) atoms. The molecule has 9 heteroatoms. The first-order valence-electron chi connectivity index (χ1n) is 8.42. The van der Waals surface area contributed by atoms with Crippen molar-refractivity contribution in [3.63, 3.8) is 0 Å². The molecule has 0 radical (unpaired) electrons. The SMILES string of the molecule is O=C1NC2(CCSCC2)C(=O)N1Cc1cn(Cc2ccccc2F)nn1. The molecule has 0 atom stereocenters. The lowest BCUT2D eigenvalue weighted by molar-refractivity contribution is -0.132. The molecule has 0 bridgehead atoms. The molecule has 4 rings (SSSR count). The number of carbonyl (C=O) groups is 2. The van der Waals surface area contributed by atoms with Crippen LogP contribution in [0.5, 0.6) is 0 Å². The predicted octanol–water partition coefficient (Wildman–Crippen LogP) is 1.78. The van der Waals surface area contributed by atoms with Gasteiger partial charge in [0.2, 0.25) is 0 Å². The zero-order valence-corrected chi connectivity index (χ0v) is 14.8. The molecular weight excluding hydrogens is 357 g/mol. The number of urea groups is 1. The van der Waals surface area contributed by atoms with Crippen molar-refractivity contribution in [1.82, 2.24) is 25.2 Å². The Bertz CT molecular complexity index is 849. The number of carbonyl (C=O) groups excluding carboxylic acids is 2. The molecule has 0 saturated carbocycles. The maximum absolute atomic E-state index is 13.7. The van der Waals surface area contributed by atoms with E-state index < -0.39 is 5.54 Å². The molecule has 0 aliphatic carbocycles. The molecule has 2 aliphatic heterocycles. The summed E-state index contributed by atoms with van der Waals surface area (Å²) in [6.45, 7) is 0.303. The topological polar surface area (TPSA) is 80.1 Å². The van der Waals surface area contributed by atoms with Gasteiger partial charge in [-0.2, -0.15) is 11.8 Å². The van der Waals surface area contributed by atoms with Crippen molar-refractivity contribution >= 4 is 23.7 Å². The second kappa shape index (κ2) is 6.71. The van der Waals surface area contributed by atoms with Crippen LogP contribution in [0.2, 0.25) is 0 Å². The van der Waals surface area contributed by atoms with E-state index in [2.05, 4.69) is 15.6 Å². The quantitative estimate of drug-likeness (QED) is 0.824. The summed E-state index contributed by atoms with van der Waals surface area (Å²) in [5.41, 5.74) is 0.232. The van der Waals surface area contributed by atoms with Gasteiger partial charge in [-0.1, -0.05) is 23.4 Å². The van der Waals surface area contributed by atoms with Crippen molar-refractivity contribution in [2.45, 2.75) is 31.5 Å². The lowest BCUT2D eigenvalue weighted by Crippen LogP contribution is -2.49. The highest BCUT2D eigenvalue weighted by Gasteiger charge is 2.51. The molecule has 1 aromatic carbocycles. The Morgan fingerprint density at radius 3 is 2.73 bits per heavy atom. The molecule has 3 amide bonds. The van der Waals surface area contributed by atoms with Gasteiger partial charge in [0.25, 0.3) is 5.91 Å². The molecule has 2 fully saturated rings. The third-order valence-corrected chi connectivity index (χ3v) is 5.77. The lowest BCUT2D eigenvalue weighted by Gasteiger charge is -2.30. The Morgan fingerprint density at radius 1 is 1.19 bits per heavy atom. The molecule has 7 nitrogen and oxygen atoms in total. The predicted molar refractivity (Wildman–Crippen MR) is 93.9 cm³/mol. The fourth-order valence-electron chi connectivity index (χ4n) is 3.33. The van der Waals surface area contributed by atoms with Crippen LogP contribution in [0.1, 0.15) is 24.1 Å². The molecule has 2 aliphatic rings. The summed E-state index contributed by atoms with van der Waals surface area (Å²) in [6.07, 6.45) is 2.94. The number of nitrogens with zero attached hydrogens (tertiary/aromatic N) is 4. The van der Waals surface area contributed by atoms with Gasteiger partial charge in [0, 0.05) is 5.56 Å². The number of imide groups is 1. The van der Waals surface area contributed by atoms with E-state index in [-0.39, 0.29) is 30.8 Å². The zero-order chi connectivity index (χ0) is 18.1. The van der Waals surface area contributed by atoms with E-state index in [1.165, 1.54) is 15.6 Å². The van der Waals surface area contributed by atoms with Gasteiger partial charge in [0.05, 0.1) is 19.3 Å². The number of thioether (sulfide) groups is 1. The Morgan fingerprint density at radius 2 is 1.96 bits per heavy atom. The minimum atomic E-state index is -0.758. The number of benzene rings is 1. The fourth-order valence-corrected chi connectivity index (χ4v) is 4.52. The Balaban J connectivity index is 1.46. The standard InChI is InChI=1S/C17H18FN5O2S/c18-14-4-2-1-3-12(14)9-22-10-13(20-21-22)11-23-15(24)17(19-16(23)25)5-7-26-8-6-17/h1-4,10H,5-9,11H2,(H,19,25). The van der Waals surface area contributed by atoms with Gasteiger partial charge in [0.15, 0.2) is 0 Å². The lowest BCUT2D eigenvalue weighted by atomic mass is 9.92. The van der Waals surface area contributed by atoms with Crippen LogP contribution < -0.4 is 5.32 Å². The largest absolute Gasteiger partial charge is 0.325 e. The smallest absolute Gasteiger partial charge is 0.323 e. The van der Waals surface area contributed by atoms with Crippen LogP contribution in [0.4, 0.5) is 9.18 Å². The maximum atomic E-state index is 13.7. The van der Waals surface area contributed by atoms with E-state index in [1.54, 1.807) is 36.2 Å². The van der Waals surface area contributed by atoms with Gasteiger partial charge in [0.1, 0.15) is 17.1 Å². The van der Waals surface area contributed by atoms with Crippen LogP contribution in [0.25, 0.3) is 0 Å². The van der Waals surface area contributed by atoms with Crippen LogP contribution in [0.15, 0.2) is 30.5 Å². The van der Waals surface area contributed by atoms with Gasteiger partial charge in [-0.05, 0) is 30.4 Å². The monoisotopic (exact) mass is 375 g/mol. The first kappa shape index (κ1) is 17.0. The van der Waals surface area contributed by atoms with Gasteiger partial charge < -0.3 is 5.32 Å². The van der Waals surface area contributed by atoms with E-state index in [1.807, 2.05) is 0 Å². The number of hydrogen-bond acceptors (Lipinski definition) is 5. The summed E-state index contributed by atoms with van der Waals surface area (Å²) in [5.74, 6) is 1.22. The molecule has 1 spiro atoms. The number of halogens is 1. The first-order chi connectivity index (χ1) is 12.6. The summed E-state index contributed by atoms with van der Waals surface area (Å²) in [4.78, 5) is 26.3. The summed E-state index contributed by atoms with van der Waals surface area (Å²) in [5, 5.41) is 10.9. The molecule has 2 saturated heterocycles. The van der Waals surface area contributed by atoms with Crippen molar-refractivity contribution < 1.29 is 14.0 Å². The average molecular weight is 375 g/mol. The highest BCUT2D eigenvalue weighted by atomic mass is 32.2. The van der Waals surface area contributed by atoms with Gasteiger partial charge in [-0.25, -0.2) is 13.9 Å². The molecule has 3 heterocycles. The molecule has 0 unspecified atom stereocenters. The second-order valence-corrected chi connectivity index (χ2v) is 7.74. The van der Waals surface area contributed by atoms with E-state index in [9.17, 15) is 14.0 Å². The zero-order valence-electron chi connectivity index (χ0n) is 14.0. The van der Waals surface area contributed by atoms with E-state index in [0.717, 1.165) is 11.5 Å². The summed E-state index contributed by atoms with van der Waals surface area (Å²) < 4.78 is 15.2. The van der Waals surface area contributed by atoms with Crippen molar-refractivity contribution in [3.05, 3.63) is 47.5 Å². The van der Waals surface area contributed by atoms with Crippen LogP contribution in [0, 0.1) is 5.82 Å². The van der Waals surface area contributed by atoms with Crippen LogP contribution in [-0.4, -0.2) is 48.9 Å². The van der Waals surface area contributed by atoms with E-state index in [0.29, 0.717) is 24.1 Å². The Hall–Kier alpha value is -2.42. The minimum Gasteiger partial charge on any atom is -0.323 e. The Labute approximate surface area is 153 Å². The third-order valence-electron chi connectivity index (χ3n) is 4.79. The van der Waals surface area contributed by atoms with Gasteiger partial charge in [-0.3, -0.25) is 9.69 Å². The van der Waals surface area contributed by atoms with E-state index in [4.69, 9.17) is 0 Å². The Kier molecular flexibility index (Phi) is 4.39. The van der Waals surface area contributed by atoms with Crippen molar-refractivity contribution in [3.8, 4) is 0 Å². The average Bonchev–Trinajstić information content (AvgIpc) is 3.16. The van der Waals surface area contributed by atoms with Gasteiger partial charge >= 0.3 is 6.03 Å². The highest BCUT2D eigenvalue weighted by Crippen LogP contribution is 2.33. The van der Waals surface area contributed by atoms with Crippen LogP contribution in [-0.2, 0) is 17.9 Å². The van der Waals surface area contributed by atoms with Crippen LogP contribution >= 0.6 is 11.8 Å². The number of amides is 3. The van der Waals surface area contributed by atoms with Gasteiger partial charge in [-0.15, -0.1) is 5.10 Å². The second-order valence-electron chi connectivity index (χ2n) is 6.51. The first-order valence-corrected chi connectivity index (χ1v) is 9.57. The molecule has 1 N–H and O–H groups in total. The molecule has 2 aromatic rings.